The Morgan fingerprint density at radius 2 is 2.00 bits per heavy atom. The molecule has 1 aromatic carbocycles. The van der Waals surface area contributed by atoms with Crippen LogP contribution in [0.1, 0.15) is 30.9 Å². The second-order valence-corrected chi connectivity index (χ2v) is 7.29. The standard InChI is InChI=1S/C14H21NO2S/c1-11-6-7-13(3)14(9-11)18(16,17)15-8-4-5-12(2)10-15/h6-7,9,12H,4-5,8,10H2,1-3H3/t12-/m1/s1. The average molecular weight is 267 g/mol. The van der Waals surface area contributed by atoms with E-state index >= 15 is 0 Å². The van der Waals surface area contributed by atoms with Gasteiger partial charge in [0, 0.05) is 13.1 Å². The molecule has 1 atom stereocenters. The topological polar surface area (TPSA) is 37.4 Å². The lowest BCUT2D eigenvalue weighted by molar-refractivity contribution is 0.281. The van der Waals surface area contributed by atoms with Gasteiger partial charge in [0.15, 0.2) is 0 Å². The number of rotatable bonds is 2. The highest BCUT2D eigenvalue weighted by Crippen LogP contribution is 2.25. The number of nitrogens with zero attached hydrogens (tertiary/aromatic N) is 1. The maximum absolute atomic E-state index is 12.6. The van der Waals surface area contributed by atoms with Crippen molar-refractivity contribution in [3.8, 4) is 0 Å². The van der Waals surface area contributed by atoms with Gasteiger partial charge in [-0.25, -0.2) is 8.42 Å². The van der Waals surface area contributed by atoms with Crippen LogP contribution in [0, 0.1) is 19.8 Å². The molecule has 0 N–H and O–H groups in total. The van der Waals surface area contributed by atoms with Gasteiger partial charge in [0.25, 0.3) is 0 Å². The molecule has 0 amide bonds. The number of piperidine rings is 1. The summed E-state index contributed by atoms with van der Waals surface area (Å²) in [6.07, 6.45) is 2.09. The molecule has 0 spiro atoms. The molecule has 1 aliphatic heterocycles. The van der Waals surface area contributed by atoms with Crippen LogP contribution in [0.4, 0.5) is 0 Å². The average Bonchev–Trinajstić information content (AvgIpc) is 2.32. The number of hydrogen-bond acceptors (Lipinski definition) is 2. The number of aryl methyl sites for hydroxylation is 2. The molecule has 0 radical (unpaired) electrons. The van der Waals surface area contributed by atoms with E-state index < -0.39 is 10.0 Å². The summed E-state index contributed by atoms with van der Waals surface area (Å²) in [5, 5.41) is 0. The summed E-state index contributed by atoms with van der Waals surface area (Å²) in [5.74, 6) is 0.457. The summed E-state index contributed by atoms with van der Waals surface area (Å²) in [5.41, 5.74) is 1.82. The summed E-state index contributed by atoms with van der Waals surface area (Å²) in [7, 11) is -3.31. The Hall–Kier alpha value is -0.870. The van der Waals surface area contributed by atoms with Crippen molar-refractivity contribution in [2.75, 3.05) is 13.1 Å². The van der Waals surface area contributed by atoms with E-state index in [1.54, 1.807) is 10.4 Å². The van der Waals surface area contributed by atoms with Crippen LogP contribution in [0.2, 0.25) is 0 Å². The van der Waals surface area contributed by atoms with Gasteiger partial charge in [-0.05, 0) is 49.8 Å². The predicted molar refractivity (Wildman–Crippen MR) is 73.1 cm³/mol. The normalized spacial score (nSPS) is 22.1. The molecule has 1 aromatic rings. The van der Waals surface area contributed by atoms with E-state index in [0.29, 0.717) is 23.9 Å². The first kappa shape index (κ1) is 13.6. The summed E-state index contributed by atoms with van der Waals surface area (Å²) in [4.78, 5) is 0.469. The van der Waals surface area contributed by atoms with Crippen molar-refractivity contribution >= 4 is 10.0 Å². The highest BCUT2D eigenvalue weighted by molar-refractivity contribution is 7.89. The molecule has 0 bridgehead atoms. The van der Waals surface area contributed by atoms with Crippen LogP contribution >= 0.6 is 0 Å². The van der Waals surface area contributed by atoms with Gasteiger partial charge in [0.1, 0.15) is 0 Å². The first-order valence-corrected chi connectivity index (χ1v) is 7.92. The molecule has 3 nitrogen and oxygen atoms in total. The molecule has 1 fully saturated rings. The van der Waals surface area contributed by atoms with Gasteiger partial charge in [-0.3, -0.25) is 0 Å². The maximum Gasteiger partial charge on any atom is 0.243 e. The number of hydrogen-bond donors (Lipinski definition) is 0. The van der Waals surface area contributed by atoms with Crippen molar-refractivity contribution in [3.05, 3.63) is 29.3 Å². The van der Waals surface area contributed by atoms with E-state index in [9.17, 15) is 8.42 Å². The molecule has 4 heteroatoms. The summed E-state index contributed by atoms with van der Waals surface area (Å²) >= 11 is 0. The fraction of sp³-hybridized carbons (Fsp3) is 0.571. The fourth-order valence-electron chi connectivity index (χ4n) is 2.49. The molecular weight excluding hydrogens is 246 g/mol. The third-order valence-corrected chi connectivity index (χ3v) is 5.59. The Labute approximate surface area is 110 Å². The summed E-state index contributed by atoms with van der Waals surface area (Å²) in [6.45, 7) is 7.21. The second kappa shape index (κ2) is 5.02. The molecule has 0 aromatic heterocycles. The molecule has 0 unspecified atom stereocenters. The third-order valence-electron chi connectivity index (χ3n) is 3.58. The van der Waals surface area contributed by atoms with E-state index in [-0.39, 0.29) is 0 Å². The zero-order valence-corrected chi connectivity index (χ0v) is 12.1. The summed E-state index contributed by atoms with van der Waals surface area (Å²) in [6, 6.07) is 5.62. The molecule has 2 rings (SSSR count). The van der Waals surface area contributed by atoms with Gasteiger partial charge >= 0.3 is 0 Å². The van der Waals surface area contributed by atoms with Crippen molar-refractivity contribution in [1.82, 2.24) is 4.31 Å². The van der Waals surface area contributed by atoms with Crippen LogP contribution in [-0.4, -0.2) is 25.8 Å². The molecule has 100 valence electrons. The Bertz CT molecular complexity index is 537. The van der Waals surface area contributed by atoms with Crippen LogP contribution in [0.15, 0.2) is 23.1 Å². The monoisotopic (exact) mass is 267 g/mol. The van der Waals surface area contributed by atoms with E-state index in [2.05, 4.69) is 6.92 Å². The molecule has 1 aliphatic rings. The Balaban J connectivity index is 2.38. The van der Waals surface area contributed by atoms with Gasteiger partial charge in [0.2, 0.25) is 10.0 Å². The van der Waals surface area contributed by atoms with Crippen LogP contribution in [0.25, 0.3) is 0 Å². The first-order valence-electron chi connectivity index (χ1n) is 6.48. The van der Waals surface area contributed by atoms with Gasteiger partial charge < -0.3 is 0 Å². The van der Waals surface area contributed by atoms with Crippen LogP contribution in [0.3, 0.4) is 0 Å². The Kier molecular flexibility index (Phi) is 3.78. The Morgan fingerprint density at radius 3 is 2.67 bits per heavy atom. The highest BCUT2D eigenvalue weighted by Gasteiger charge is 2.29. The molecule has 0 saturated carbocycles. The first-order chi connectivity index (χ1) is 8.41. The van der Waals surface area contributed by atoms with Gasteiger partial charge in [0.05, 0.1) is 4.90 Å². The van der Waals surface area contributed by atoms with Crippen LogP contribution < -0.4 is 0 Å². The van der Waals surface area contributed by atoms with E-state index in [1.807, 2.05) is 26.0 Å². The molecule has 18 heavy (non-hydrogen) atoms. The molecule has 0 aliphatic carbocycles. The van der Waals surface area contributed by atoms with Gasteiger partial charge in [-0.2, -0.15) is 4.31 Å². The predicted octanol–water partition coefficient (Wildman–Crippen LogP) is 2.72. The second-order valence-electron chi connectivity index (χ2n) is 5.38. The smallest absolute Gasteiger partial charge is 0.207 e. The maximum atomic E-state index is 12.6. The largest absolute Gasteiger partial charge is 0.243 e. The van der Waals surface area contributed by atoms with Crippen molar-refractivity contribution in [3.63, 3.8) is 0 Å². The Morgan fingerprint density at radius 1 is 1.28 bits per heavy atom. The minimum atomic E-state index is -3.31. The minimum Gasteiger partial charge on any atom is -0.207 e. The third kappa shape index (κ3) is 2.59. The van der Waals surface area contributed by atoms with Crippen molar-refractivity contribution in [1.29, 1.82) is 0 Å². The lowest BCUT2D eigenvalue weighted by Crippen LogP contribution is -2.39. The van der Waals surface area contributed by atoms with E-state index in [0.717, 1.165) is 24.0 Å². The quantitative estimate of drug-likeness (QED) is 0.826. The molecule has 1 saturated heterocycles. The van der Waals surface area contributed by atoms with Crippen molar-refractivity contribution < 1.29 is 8.42 Å². The van der Waals surface area contributed by atoms with Crippen LogP contribution in [-0.2, 0) is 10.0 Å². The highest BCUT2D eigenvalue weighted by atomic mass is 32.2. The fourth-order valence-corrected chi connectivity index (χ4v) is 4.40. The minimum absolute atomic E-state index is 0.457. The van der Waals surface area contributed by atoms with Gasteiger partial charge in [-0.1, -0.05) is 19.1 Å². The molecular formula is C14H21NO2S. The molecule has 1 heterocycles. The number of sulfonamides is 1. The number of benzene rings is 1. The lowest BCUT2D eigenvalue weighted by Gasteiger charge is -2.30. The van der Waals surface area contributed by atoms with Crippen LogP contribution in [0.5, 0.6) is 0 Å². The van der Waals surface area contributed by atoms with E-state index in [4.69, 9.17) is 0 Å². The summed E-state index contributed by atoms with van der Waals surface area (Å²) < 4.78 is 26.9. The lowest BCUT2D eigenvalue weighted by atomic mass is 10.0. The van der Waals surface area contributed by atoms with E-state index in [1.165, 1.54) is 0 Å². The van der Waals surface area contributed by atoms with Crippen molar-refractivity contribution in [2.24, 2.45) is 5.92 Å². The zero-order chi connectivity index (χ0) is 13.3. The van der Waals surface area contributed by atoms with Gasteiger partial charge in [-0.15, -0.1) is 0 Å². The van der Waals surface area contributed by atoms with Crippen molar-refractivity contribution in [2.45, 2.75) is 38.5 Å². The zero-order valence-electron chi connectivity index (χ0n) is 11.3. The SMILES string of the molecule is Cc1ccc(C)c(S(=O)(=O)N2CCC[C@@H](C)C2)c1.